The predicted octanol–water partition coefficient (Wildman–Crippen LogP) is 1.27. The van der Waals surface area contributed by atoms with E-state index in [1.807, 2.05) is 0 Å². The molecule has 2 N–H and O–H groups in total. The van der Waals surface area contributed by atoms with Crippen molar-refractivity contribution in [3.63, 3.8) is 0 Å². The zero-order chi connectivity index (χ0) is 10.3. The van der Waals surface area contributed by atoms with Gasteiger partial charge in [-0.3, -0.25) is 0 Å². The summed E-state index contributed by atoms with van der Waals surface area (Å²) in [6.45, 7) is 0. The van der Waals surface area contributed by atoms with Gasteiger partial charge in [0, 0.05) is 12.0 Å². The van der Waals surface area contributed by atoms with Crippen LogP contribution in [-0.4, -0.2) is 27.4 Å². The lowest BCUT2D eigenvalue weighted by atomic mass is 9.85. The molecule has 0 bridgehead atoms. The highest BCUT2D eigenvalue weighted by Gasteiger charge is 2.29. The third-order valence-electron chi connectivity index (χ3n) is 3.35. The van der Waals surface area contributed by atoms with Crippen LogP contribution in [0.3, 0.4) is 0 Å². The van der Waals surface area contributed by atoms with E-state index in [0.717, 1.165) is 18.7 Å². The SMILES string of the molecule is OC1CC(Nc2nc(C3CCC3)no2)C1. The fourth-order valence-corrected chi connectivity index (χ4v) is 2.01. The minimum atomic E-state index is -0.156. The highest BCUT2D eigenvalue weighted by atomic mass is 16.5. The summed E-state index contributed by atoms with van der Waals surface area (Å²) in [6, 6.07) is 0.809. The van der Waals surface area contributed by atoms with Gasteiger partial charge in [-0.15, -0.1) is 0 Å². The second kappa shape index (κ2) is 3.48. The monoisotopic (exact) mass is 209 g/mol. The molecule has 1 aromatic heterocycles. The summed E-state index contributed by atoms with van der Waals surface area (Å²) in [6.07, 6.45) is 5.04. The Balaban J connectivity index is 1.58. The van der Waals surface area contributed by atoms with Gasteiger partial charge in [0.2, 0.25) is 0 Å². The van der Waals surface area contributed by atoms with Gasteiger partial charge < -0.3 is 14.9 Å². The maximum absolute atomic E-state index is 9.13. The van der Waals surface area contributed by atoms with E-state index in [1.165, 1.54) is 19.3 Å². The lowest BCUT2D eigenvalue weighted by molar-refractivity contribution is 0.0826. The molecule has 2 aliphatic carbocycles. The highest BCUT2D eigenvalue weighted by molar-refractivity contribution is 5.23. The number of nitrogens with one attached hydrogen (secondary N) is 1. The van der Waals surface area contributed by atoms with Gasteiger partial charge in [-0.1, -0.05) is 11.6 Å². The zero-order valence-electron chi connectivity index (χ0n) is 8.52. The molecular formula is C10H15N3O2. The summed E-state index contributed by atoms with van der Waals surface area (Å²) >= 11 is 0. The van der Waals surface area contributed by atoms with Crippen molar-refractivity contribution in [1.82, 2.24) is 10.1 Å². The normalized spacial score (nSPS) is 30.7. The van der Waals surface area contributed by atoms with Crippen molar-refractivity contribution in [2.24, 2.45) is 0 Å². The Morgan fingerprint density at radius 1 is 1.33 bits per heavy atom. The molecule has 2 aliphatic rings. The second-order valence-corrected chi connectivity index (χ2v) is 4.55. The van der Waals surface area contributed by atoms with E-state index in [4.69, 9.17) is 9.63 Å². The first-order chi connectivity index (χ1) is 7.31. The molecule has 0 aliphatic heterocycles. The Morgan fingerprint density at radius 3 is 2.73 bits per heavy atom. The maximum Gasteiger partial charge on any atom is 0.321 e. The summed E-state index contributed by atoms with van der Waals surface area (Å²) in [5.74, 6) is 1.35. The summed E-state index contributed by atoms with van der Waals surface area (Å²) in [7, 11) is 0. The minimum absolute atomic E-state index is 0.156. The van der Waals surface area contributed by atoms with Crippen LogP contribution in [0.4, 0.5) is 6.01 Å². The molecule has 2 saturated carbocycles. The van der Waals surface area contributed by atoms with Crippen molar-refractivity contribution in [1.29, 1.82) is 0 Å². The third-order valence-corrected chi connectivity index (χ3v) is 3.35. The van der Waals surface area contributed by atoms with Crippen molar-refractivity contribution in [2.45, 2.75) is 50.2 Å². The number of hydrogen-bond donors (Lipinski definition) is 2. The van der Waals surface area contributed by atoms with Crippen molar-refractivity contribution >= 4 is 6.01 Å². The lowest BCUT2D eigenvalue weighted by Gasteiger charge is -2.31. The van der Waals surface area contributed by atoms with Crippen LogP contribution in [0.25, 0.3) is 0 Å². The molecule has 1 heterocycles. The first-order valence-corrected chi connectivity index (χ1v) is 5.59. The van der Waals surface area contributed by atoms with Gasteiger partial charge in [-0.05, 0) is 25.7 Å². The predicted molar refractivity (Wildman–Crippen MR) is 53.5 cm³/mol. The molecule has 5 nitrogen and oxygen atoms in total. The van der Waals surface area contributed by atoms with E-state index in [-0.39, 0.29) is 6.10 Å². The third kappa shape index (κ3) is 1.71. The molecule has 3 rings (SSSR count). The van der Waals surface area contributed by atoms with Crippen LogP contribution in [0.1, 0.15) is 43.8 Å². The molecule has 5 heteroatoms. The van der Waals surface area contributed by atoms with Crippen LogP contribution in [-0.2, 0) is 0 Å². The fourth-order valence-electron chi connectivity index (χ4n) is 2.01. The highest BCUT2D eigenvalue weighted by Crippen LogP contribution is 2.35. The van der Waals surface area contributed by atoms with E-state index in [9.17, 15) is 0 Å². The Hall–Kier alpha value is -1.10. The molecule has 0 saturated heterocycles. The van der Waals surface area contributed by atoms with Crippen molar-refractivity contribution in [2.75, 3.05) is 5.32 Å². The Bertz CT molecular complexity index is 342. The molecule has 2 fully saturated rings. The molecule has 0 aromatic carbocycles. The Labute approximate surface area is 87.9 Å². The van der Waals surface area contributed by atoms with E-state index in [1.54, 1.807) is 0 Å². The smallest absolute Gasteiger partial charge is 0.321 e. The molecule has 0 atom stereocenters. The summed E-state index contributed by atoms with van der Waals surface area (Å²) in [5.41, 5.74) is 0. The molecule has 0 amide bonds. The number of aliphatic hydroxyl groups is 1. The first-order valence-electron chi connectivity index (χ1n) is 5.59. The van der Waals surface area contributed by atoms with Gasteiger partial charge in [-0.2, -0.15) is 4.98 Å². The zero-order valence-corrected chi connectivity index (χ0v) is 8.52. The van der Waals surface area contributed by atoms with Crippen LogP contribution in [0, 0.1) is 0 Å². The fraction of sp³-hybridized carbons (Fsp3) is 0.800. The van der Waals surface area contributed by atoms with Crippen LogP contribution >= 0.6 is 0 Å². The maximum atomic E-state index is 9.13. The largest absolute Gasteiger partial charge is 0.393 e. The summed E-state index contributed by atoms with van der Waals surface area (Å²) in [5, 5.41) is 16.2. The first kappa shape index (κ1) is 9.15. The molecule has 15 heavy (non-hydrogen) atoms. The number of aliphatic hydroxyl groups excluding tert-OH is 1. The van der Waals surface area contributed by atoms with Gasteiger partial charge in [0.15, 0.2) is 5.82 Å². The topological polar surface area (TPSA) is 71.2 Å². The standard InChI is InChI=1S/C10H15N3O2/c14-8-4-7(5-8)11-10-12-9(13-15-10)6-2-1-3-6/h6-8,14H,1-5H2,(H,11,12,13). The molecule has 0 spiro atoms. The number of aromatic nitrogens is 2. The van der Waals surface area contributed by atoms with Crippen LogP contribution in [0.5, 0.6) is 0 Å². The van der Waals surface area contributed by atoms with E-state index < -0.39 is 0 Å². The molecule has 0 radical (unpaired) electrons. The molecule has 82 valence electrons. The van der Waals surface area contributed by atoms with Gasteiger partial charge in [0.1, 0.15) is 0 Å². The van der Waals surface area contributed by atoms with Crippen LogP contribution < -0.4 is 5.32 Å². The van der Waals surface area contributed by atoms with Crippen molar-refractivity contribution < 1.29 is 9.63 Å². The van der Waals surface area contributed by atoms with Crippen LogP contribution in [0.15, 0.2) is 4.52 Å². The summed E-state index contributed by atoms with van der Waals surface area (Å²) in [4.78, 5) is 4.31. The van der Waals surface area contributed by atoms with Gasteiger partial charge in [-0.25, -0.2) is 0 Å². The Morgan fingerprint density at radius 2 is 2.13 bits per heavy atom. The Kier molecular flexibility index (Phi) is 2.12. The molecule has 0 unspecified atom stereocenters. The molecular weight excluding hydrogens is 194 g/mol. The van der Waals surface area contributed by atoms with Gasteiger partial charge >= 0.3 is 6.01 Å². The number of nitrogens with zero attached hydrogens (tertiary/aromatic N) is 2. The summed E-state index contributed by atoms with van der Waals surface area (Å²) < 4.78 is 5.11. The van der Waals surface area contributed by atoms with Gasteiger partial charge in [0.25, 0.3) is 0 Å². The quantitative estimate of drug-likeness (QED) is 0.784. The van der Waals surface area contributed by atoms with E-state index >= 15 is 0 Å². The van der Waals surface area contributed by atoms with E-state index in [0.29, 0.717) is 18.0 Å². The van der Waals surface area contributed by atoms with Gasteiger partial charge in [0.05, 0.1) is 6.10 Å². The van der Waals surface area contributed by atoms with Crippen molar-refractivity contribution in [3.8, 4) is 0 Å². The average Bonchev–Trinajstić information content (AvgIpc) is 2.47. The lowest BCUT2D eigenvalue weighted by Crippen LogP contribution is -2.39. The number of anilines is 1. The van der Waals surface area contributed by atoms with E-state index in [2.05, 4.69) is 15.5 Å². The molecule has 1 aromatic rings. The number of hydrogen-bond acceptors (Lipinski definition) is 5. The number of rotatable bonds is 3. The minimum Gasteiger partial charge on any atom is -0.393 e. The second-order valence-electron chi connectivity index (χ2n) is 4.55. The van der Waals surface area contributed by atoms with Crippen LogP contribution in [0.2, 0.25) is 0 Å². The average molecular weight is 209 g/mol. The van der Waals surface area contributed by atoms with Crippen molar-refractivity contribution in [3.05, 3.63) is 5.82 Å².